The third kappa shape index (κ3) is 9.11. The van der Waals surface area contributed by atoms with Gasteiger partial charge in [-0.3, -0.25) is 0 Å². The van der Waals surface area contributed by atoms with Crippen molar-refractivity contribution in [2.45, 2.75) is 0 Å². The number of rotatable bonds is 0. The molecule has 1 radical (unpaired) electrons. The van der Waals surface area contributed by atoms with Crippen LogP contribution in [0.1, 0.15) is 0 Å². The van der Waals surface area contributed by atoms with Crippen LogP contribution in [0.5, 0.6) is 0 Å². The van der Waals surface area contributed by atoms with Crippen LogP contribution in [0.2, 0.25) is 0 Å². The fraction of sp³-hybridized carbons (Fsp3) is 0. The monoisotopic (exact) mass is 213 g/mol. The van der Waals surface area contributed by atoms with Crippen molar-refractivity contribution in [3.05, 3.63) is 0 Å². The summed E-state index contributed by atoms with van der Waals surface area (Å²) in [6, 6.07) is 0. The van der Waals surface area contributed by atoms with Crippen molar-refractivity contribution in [2.24, 2.45) is 0 Å². The first-order valence-corrected chi connectivity index (χ1v) is 4.68. The molecule has 0 aromatic heterocycles. The minimum atomic E-state index is 0. The molecule has 0 atom stereocenters. The Labute approximate surface area is 60.4 Å². The van der Waals surface area contributed by atoms with Gasteiger partial charge in [0.2, 0.25) is 0 Å². The Morgan fingerprint density at radius 3 is 1.25 bits per heavy atom. The zero-order chi connectivity index (χ0) is 2.00. The molecule has 0 rings (SSSR count). The Hall–Kier alpha value is 1.88. The van der Waals surface area contributed by atoms with Crippen molar-refractivity contribution >= 4 is 8.85 Å². The van der Waals surface area contributed by atoms with Crippen molar-refractivity contribution in [3.63, 3.8) is 0 Å². The normalized spacial score (nSPS) is 2.25. The van der Waals surface area contributed by atoms with Gasteiger partial charge in [-0.2, -0.15) is 0 Å². The Morgan fingerprint density at radius 1 is 1.25 bits per heavy atom. The van der Waals surface area contributed by atoms with Crippen molar-refractivity contribution in [1.29, 1.82) is 0 Å². The first-order valence-electron chi connectivity index (χ1n) is 0.378. The molecular formula is H3CuMnSiZn. The van der Waals surface area contributed by atoms with Crippen molar-refractivity contribution in [2.75, 3.05) is 0 Å². The SMILES string of the molecule is [Cu].[SiH3][Mn].[Zn]. The van der Waals surface area contributed by atoms with Gasteiger partial charge in [0.05, 0.1) is 0 Å². The van der Waals surface area contributed by atoms with Crippen LogP contribution in [0.4, 0.5) is 0 Å². The van der Waals surface area contributed by atoms with Crippen LogP contribution in [0.15, 0.2) is 0 Å². The standard InChI is InChI=1S/Cu.Mn.H3Si.Zn/h;;1H3;. The summed E-state index contributed by atoms with van der Waals surface area (Å²) in [5, 5.41) is 0. The van der Waals surface area contributed by atoms with Crippen LogP contribution in [0.25, 0.3) is 0 Å². The fourth-order valence-corrected chi connectivity index (χ4v) is 0. The van der Waals surface area contributed by atoms with Crippen molar-refractivity contribution in [3.8, 4) is 0 Å². The van der Waals surface area contributed by atoms with Gasteiger partial charge in [-0.1, -0.05) is 0 Å². The summed E-state index contributed by atoms with van der Waals surface area (Å²) in [6.07, 6.45) is 0. The van der Waals surface area contributed by atoms with E-state index in [1.54, 1.807) is 0 Å². The van der Waals surface area contributed by atoms with Gasteiger partial charge in [-0.15, -0.1) is 0 Å². The smallest absolute Gasteiger partial charge is 0 e. The molecule has 0 spiro atoms. The molecule has 0 bridgehead atoms. The largest absolute Gasteiger partial charge is 0 e. The minimum Gasteiger partial charge on any atom is 0 e. The molecule has 0 heterocycles. The first kappa shape index (κ1) is 16.9. The van der Waals surface area contributed by atoms with Crippen LogP contribution in [0, 0.1) is 0 Å². The van der Waals surface area contributed by atoms with Gasteiger partial charge < -0.3 is 0 Å². The summed E-state index contributed by atoms with van der Waals surface area (Å²) in [6.45, 7) is 0. The van der Waals surface area contributed by atoms with Gasteiger partial charge >= 0.3 is 24.2 Å². The Balaban J connectivity index is -0.00000000500. The van der Waals surface area contributed by atoms with Gasteiger partial charge in [0.1, 0.15) is 0 Å². The summed E-state index contributed by atoms with van der Waals surface area (Å²) in [5.74, 6) is 0. The van der Waals surface area contributed by atoms with E-state index in [9.17, 15) is 0 Å². The van der Waals surface area contributed by atoms with Crippen LogP contribution in [0.3, 0.4) is 0 Å². The maximum absolute atomic E-state index is 3.08. The van der Waals surface area contributed by atoms with E-state index in [1.165, 1.54) is 0 Å². The second-order valence-electron chi connectivity index (χ2n) is 0. The second-order valence-corrected chi connectivity index (χ2v) is 0. The summed E-state index contributed by atoms with van der Waals surface area (Å²) < 4.78 is 0. The topological polar surface area (TPSA) is 0 Å². The second kappa shape index (κ2) is 20.8. The minimum absolute atomic E-state index is 0. The van der Waals surface area contributed by atoms with E-state index < -0.39 is 0 Å². The van der Waals surface area contributed by atoms with Crippen LogP contribution in [-0.2, 0) is 51.9 Å². The average Bonchev–Trinajstić information content (AvgIpc) is 1.00. The molecule has 0 aliphatic heterocycles. The van der Waals surface area contributed by atoms with Gasteiger partial charge in [0.25, 0.3) is 0 Å². The van der Waals surface area contributed by atoms with Crippen LogP contribution >= 0.6 is 0 Å². The maximum Gasteiger partial charge on any atom is 0 e. The Kier molecular flexibility index (Phi) is 87.8. The third-order valence-electron chi connectivity index (χ3n) is 0. The summed E-state index contributed by atoms with van der Waals surface area (Å²) >= 11 is 3.08. The Morgan fingerprint density at radius 2 is 1.25 bits per heavy atom. The number of hydrogen-bond acceptors (Lipinski definition) is 0. The van der Waals surface area contributed by atoms with E-state index in [2.05, 4.69) is 15.4 Å². The zero-order valence-electron chi connectivity index (χ0n) is 2.39. The van der Waals surface area contributed by atoms with Crippen molar-refractivity contribution < 1.29 is 51.9 Å². The molecular weight excluding hydrogens is 212 g/mol. The van der Waals surface area contributed by atoms with Crippen LogP contribution < -0.4 is 0 Å². The molecule has 0 aromatic rings. The molecule has 0 N–H and O–H groups in total. The first-order chi connectivity index (χ1) is 1.00. The van der Waals surface area contributed by atoms with Gasteiger partial charge in [0, 0.05) is 36.5 Å². The van der Waals surface area contributed by atoms with Crippen molar-refractivity contribution in [1.82, 2.24) is 0 Å². The van der Waals surface area contributed by atoms with Crippen LogP contribution in [-0.4, -0.2) is 8.85 Å². The zero-order valence-corrected chi connectivity index (χ0v) is 9.48. The molecule has 0 unspecified atom stereocenters. The molecule has 0 nitrogen and oxygen atoms in total. The van der Waals surface area contributed by atoms with E-state index in [1.807, 2.05) is 0 Å². The molecule has 27 valence electrons. The van der Waals surface area contributed by atoms with Gasteiger partial charge in [-0.25, -0.2) is 0 Å². The molecule has 4 heteroatoms. The predicted octanol–water partition coefficient (Wildman–Crippen LogP) is -1.19. The Bertz CT molecular complexity index is 8.00. The fourth-order valence-electron chi connectivity index (χ4n) is 0. The van der Waals surface area contributed by atoms with E-state index >= 15 is 0 Å². The third-order valence-corrected chi connectivity index (χ3v) is 0. The molecule has 0 aliphatic carbocycles. The molecule has 4 heavy (non-hydrogen) atoms. The average molecular weight is 215 g/mol. The summed E-state index contributed by atoms with van der Waals surface area (Å²) in [5.41, 5.74) is 0. The molecule has 0 saturated carbocycles. The maximum atomic E-state index is 3.08. The molecule has 0 fully saturated rings. The van der Waals surface area contributed by atoms with E-state index in [0.29, 0.717) is 0 Å². The summed E-state index contributed by atoms with van der Waals surface area (Å²) in [4.78, 5) is 0. The molecule has 0 amide bonds. The van der Waals surface area contributed by atoms with Gasteiger partial charge in [-0.05, 0) is 0 Å². The van der Waals surface area contributed by atoms with E-state index in [0.717, 1.165) is 8.85 Å². The van der Waals surface area contributed by atoms with E-state index in [4.69, 9.17) is 0 Å². The number of hydrogen-bond donors (Lipinski definition) is 0. The van der Waals surface area contributed by atoms with Gasteiger partial charge in [0.15, 0.2) is 0 Å². The predicted molar refractivity (Wildman–Crippen MR) is 9.94 cm³/mol. The molecule has 0 aliphatic rings. The molecule has 0 saturated heterocycles. The quantitative estimate of drug-likeness (QED) is 0.445. The molecule has 0 aromatic carbocycles. The van der Waals surface area contributed by atoms with E-state index in [-0.39, 0.29) is 36.5 Å². The summed E-state index contributed by atoms with van der Waals surface area (Å²) in [7, 11) is 1.12.